The van der Waals surface area contributed by atoms with Crippen LogP contribution in [0.2, 0.25) is 0 Å². The summed E-state index contributed by atoms with van der Waals surface area (Å²) in [6, 6.07) is 4.84. The molecule has 6 rings (SSSR count). The number of hydrogen-bond donors (Lipinski definition) is 0. The zero-order chi connectivity index (χ0) is 16.3. The normalized spacial score (nSPS) is 43.5. The molecule has 3 aliphatic carbocycles. The van der Waals surface area contributed by atoms with Gasteiger partial charge >= 0.3 is 0 Å². The molecule has 5 atom stereocenters. The lowest BCUT2D eigenvalue weighted by Gasteiger charge is -2.54. The maximum atomic E-state index is 6.67. The number of methoxy groups -OCH3 is 2. The van der Waals surface area contributed by atoms with Crippen LogP contribution in [0.3, 0.4) is 0 Å². The van der Waals surface area contributed by atoms with Crippen molar-refractivity contribution in [1.29, 1.82) is 0 Å². The van der Waals surface area contributed by atoms with E-state index >= 15 is 0 Å². The van der Waals surface area contributed by atoms with Gasteiger partial charge in [0.2, 0.25) is 0 Å². The lowest BCUT2D eigenvalue weighted by molar-refractivity contribution is -0.0594. The van der Waals surface area contributed by atoms with E-state index in [0.29, 0.717) is 12.0 Å². The fourth-order valence-electron chi connectivity index (χ4n) is 6.23. The predicted molar refractivity (Wildman–Crippen MR) is 89.8 cm³/mol. The van der Waals surface area contributed by atoms with Crippen molar-refractivity contribution in [2.24, 2.45) is 5.92 Å². The SMILES string of the molecule is COc1ccc2c3c1O[C@H]1[C@]4(OC)C[C@@H]4C=C4[C@@H](C2)N(C)CC[C@]431. The minimum atomic E-state index is -0.136. The van der Waals surface area contributed by atoms with Gasteiger partial charge in [0.15, 0.2) is 11.5 Å². The summed E-state index contributed by atoms with van der Waals surface area (Å²) in [5, 5.41) is 0. The van der Waals surface area contributed by atoms with Gasteiger partial charge in [0, 0.05) is 24.6 Å². The third kappa shape index (κ3) is 1.23. The molecule has 0 N–H and O–H groups in total. The van der Waals surface area contributed by atoms with Crippen molar-refractivity contribution in [3.8, 4) is 11.5 Å². The average Bonchev–Trinajstić information content (AvgIpc) is 3.21. The van der Waals surface area contributed by atoms with Crippen molar-refractivity contribution in [2.45, 2.75) is 42.4 Å². The van der Waals surface area contributed by atoms with Crippen LogP contribution in [0.25, 0.3) is 0 Å². The number of hydrogen-bond acceptors (Lipinski definition) is 4. The Morgan fingerprint density at radius 1 is 1.29 bits per heavy atom. The van der Waals surface area contributed by atoms with Crippen LogP contribution in [0.5, 0.6) is 11.5 Å². The molecule has 5 aliphatic rings. The molecule has 1 spiro atoms. The number of ether oxygens (including phenoxy) is 3. The maximum Gasteiger partial charge on any atom is 0.166 e. The molecule has 4 nitrogen and oxygen atoms in total. The molecule has 0 amide bonds. The van der Waals surface area contributed by atoms with Gasteiger partial charge in [-0.15, -0.1) is 0 Å². The summed E-state index contributed by atoms with van der Waals surface area (Å²) in [6.45, 7) is 1.11. The Kier molecular flexibility index (Phi) is 2.29. The van der Waals surface area contributed by atoms with Crippen molar-refractivity contribution in [3.63, 3.8) is 0 Å². The van der Waals surface area contributed by atoms with E-state index < -0.39 is 0 Å². The fraction of sp³-hybridized carbons (Fsp3) is 0.600. The molecule has 2 bridgehead atoms. The fourth-order valence-corrected chi connectivity index (χ4v) is 6.23. The largest absolute Gasteiger partial charge is 0.493 e. The van der Waals surface area contributed by atoms with E-state index in [1.807, 2.05) is 7.11 Å². The summed E-state index contributed by atoms with van der Waals surface area (Å²) in [5.41, 5.74) is 4.30. The topological polar surface area (TPSA) is 30.9 Å². The molecule has 0 radical (unpaired) electrons. The van der Waals surface area contributed by atoms with E-state index in [0.717, 1.165) is 37.3 Å². The first-order valence-corrected chi connectivity index (χ1v) is 9.00. The Bertz CT molecular complexity index is 802. The zero-order valence-electron chi connectivity index (χ0n) is 14.5. The van der Waals surface area contributed by atoms with Crippen LogP contribution in [0, 0.1) is 5.92 Å². The van der Waals surface area contributed by atoms with Crippen LogP contribution in [0.15, 0.2) is 23.8 Å². The Hall–Kier alpha value is -1.52. The minimum Gasteiger partial charge on any atom is -0.493 e. The van der Waals surface area contributed by atoms with E-state index in [9.17, 15) is 0 Å². The molecule has 2 aliphatic heterocycles. The summed E-state index contributed by atoms with van der Waals surface area (Å²) in [4.78, 5) is 2.53. The molecule has 4 heteroatoms. The lowest BCUT2D eigenvalue weighted by atomic mass is 9.56. The van der Waals surface area contributed by atoms with Gasteiger partial charge in [-0.3, -0.25) is 4.90 Å². The van der Waals surface area contributed by atoms with E-state index in [4.69, 9.17) is 14.2 Å². The smallest absolute Gasteiger partial charge is 0.166 e. The van der Waals surface area contributed by atoms with Gasteiger partial charge in [0.1, 0.15) is 11.7 Å². The first-order chi connectivity index (χ1) is 11.7. The van der Waals surface area contributed by atoms with Gasteiger partial charge in [-0.25, -0.2) is 0 Å². The maximum absolute atomic E-state index is 6.67. The number of likely N-dealkylation sites (tertiary alicyclic amines) is 1. The molecular weight excluding hydrogens is 302 g/mol. The highest BCUT2D eigenvalue weighted by Gasteiger charge is 2.75. The first kappa shape index (κ1) is 13.7. The van der Waals surface area contributed by atoms with E-state index in [2.05, 4.69) is 30.2 Å². The predicted octanol–water partition coefficient (Wildman–Crippen LogP) is 2.30. The molecule has 126 valence electrons. The molecule has 1 saturated carbocycles. The minimum absolute atomic E-state index is 0.00234. The van der Waals surface area contributed by atoms with Gasteiger partial charge in [-0.1, -0.05) is 12.1 Å². The number of benzene rings is 1. The van der Waals surface area contributed by atoms with E-state index in [1.54, 1.807) is 12.7 Å². The quantitative estimate of drug-likeness (QED) is 0.781. The lowest BCUT2D eigenvalue weighted by Crippen LogP contribution is -2.62. The van der Waals surface area contributed by atoms with Crippen molar-refractivity contribution in [3.05, 3.63) is 34.9 Å². The summed E-state index contributed by atoms with van der Waals surface area (Å²) in [5.74, 6) is 2.36. The van der Waals surface area contributed by atoms with Crippen LogP contribution in [-0.2, 0) is 16.6 Å². The van der Waals surface area contributed by atoms with Gasteiger partial charge < -0.3 is 14.2 Å². The Morgan fingerprint density at radius 3 is 2.96 bits per heavy atom. The number of rotatable bonds is 2. The third-order valence-electron chi connectivity index (χ3n) is 7.45. The summed E-state index contributed by atoms with van der Waals surface area (Å²) < 4.78 is 18.4. The monoisotopic (exact) mass is 325 g/mol. The molecule has 0 unspecified atom stereocenters. The molecule has 0 aromatic heterocycles. The molecule has 2 fully saturated rings. The summed E-state index contributed by atoms with van der Waals surface area (Å²) in [7, 11) is 5.86. The average molecular weight is 325 g/mol. The summed E-state index contributed by atoms with van der Waals surface area (Å²) in [6.07, 6.45) is 5.92. The van der Waals surface area contributed by atoms with Gasteiger partial charge in [-0.2, -0.15) is 0 Å². The highest BCUT2D eigenvalue weighted by Crippen LogP contribution is 2.70. The standard InChI is InChI=1S/C20H23NO3/c1-21-7-6-19-13-9-12-10-20(12,23-3)18(19)24-17-15(22-2)5-4-11(16(17)19)8-14(13)21/h4-5,9,12,14,18H,6-8,10H2,1-3H3/t12-,14+,18+,19-,20-/m0/s1. The second-order valence-electron chi connectivity index (χ2n) is 8.14. The van der Waals surface area contributed by atoms with Crippen LogP contribution >= 0.6 is 0 Å². The van der Waals surface area contributed by atoms with Crippen LogP contribution in [-0.4, -0.2) is 50.5 Å². The Balaban J connectivity index is 1.69. The van der Waals surface area contributed by atoms with Gasteiger partial charge in [0.25, 0.3) is 0 Å². The Labute approximate surface area is 142 Å². The highest BCUT2D eigenvalue weighted by atomic mass is 16.6. The van der Waals surface area contributed by atoms with Crippen molar-refractivity contribution in [1.82, 2.24) is 4.90 Å². The second kappa shape index (κ2) is 4.00. The molecule has 1 saturated heterocycles. The van der Waals surface area contributed by atoms with Gasteiger partial charge in [0.05, 0.1) is 12.5 Å². The molecule has 1 aromatic rings. The number of nitrogens with zero attached hydrogens (tertiary/aromatic N) is 1. The second-order valence-corrected chi connectivity index (χ2v) is 8.14. The van der Waals surface area contributed by atoms with Crippen LogP contribution in [0.4, 0.5) is 0 Å². The zero-order valence-corrected chi connectivity index (χ0v) is 14.5. The van der Waals surface area contributed by atoms with Crippen molar-refractivity contribution >= 4 is 0 Å². The number of piperidine rings is 1. The van der Waals surface area contributed by atoms with Gasteiger partial charge in [-0.05, 0) is 50.1 Å². The third-order valence-corrected chi connectivity index (χ3v) is 7.45. The Morgan fingerprint density at radius 2 is 2.17 bits per heavy atom. The van der Waals surface area contributed by atoms with E-state index in [1.165, 1.54) is 11.1 Å². The molecule has 1 aromatic carbocycles. The molecule has 24 heavy (non-hydrogen) atoms. The molecular formula is C20H23NO3. The first-order valence-electron chi connectivity index (χ1n) is 9.00. The molecule has 2 heterocycles. The van der Waals surface area contributed by atoms with Crippen molar-refractivity contribution < 1.29 is 14.2 Å². The van der Waals surface area contributed by atoms with Crippen LogP contribution in [0.1, 0.15) is 24.0 Å². The van der Waals surface area contributed by atoms with Crippen LogP contribution < -0.4 is 9.47 Å². The number of fused-ring (bicyclic) bond motifs is 2. The summed E-state index contributed by atoms with van der Waals surface area (Å²) >= 11 is 0. The number of likely N-dealkylation sites (N-methyl/N-ethyl adjacent to an activating group) is 1. The van der Waals surface area contributed by atoms with E-state index in [-0.39, 0.29) is 17.1 Å². The van der Waals surface area contributed by atoms with Crippen molar-refractivity contribution in [2.75, 3.05) is 27.8 Å². The highest BCUT2D eigenvalue weighted by molar-refractivity contribution is 5.67.